The van der Waals surface area contributed by atoms with Gasteiger partial charge in [-0.1, -0.05) is 11.3 Å². The summed E-state index contributed by atoms with van der Waals surface area (Å²) in [5, 5.41) is 21.3. The summed E-state index contributed by atoms with van der Waals surface area (Å²) < 4.78 is 41.8. The molecule has 0 saturated carbocycles. The van der Waals surface area contributed by atoms with Crippen molar-refractivity contribution in [3.8, 4) is 0 Å². The number of pyridine rings is 1. The van der Waals surface area contributed by atoms with Gasteiger partial charge in [-0.3, -0.25) is 5.32 Å². The first-order chi connectivity index (χ1) is 15.7. The molecule has 0 unspecified atom stereocenters. The Kier molecular flexibility index (Phi) is 6.68. The maximum absolute atomic E-state index is 14.6. The average molecular weight is 482 g/mol. The van der Waals surface area contributed by atoms with Crippen LogP contribution in [0.15, 0.2) is 24.4 Å². The molecule has 4 rings (SSSR count). The van der Waals surface area contributed by atoms with E-state index in [1.165, 1.54) is 12.3 Å². The first kappa shape index (κ1) is 23.2. The molecular formula is C21H22F3N5O3S. The van der Waals surface area contributed by atoms with E-state index < -0.39 is 36.2 Å². The Morgan fingerprint density at radius 1 is 1.24 bits per heavy atom. The quantitative estimate of drug-likeness (QED) is 0.518. The van der Waals surface area contributed by atoms with Crippen LogP contribution in [0.3, 0.4) is 0 Å². The molecular weight excluding hydrogens is 459 g/mol. The van der Waals surface area contributed by atoms with E-state index in [0.29, 0.717) is 29.9 Å². The third-order valence-corrected chi connectivity index (χ3v) is 6.33. The Bertz CT molecular complexity index is 1140. The molecule has 0 bridgehead atoms. The fraction of sp³-hybridized carbons (Fsp3) is 0.381. The lowest BCUT2D eigenvalue weighted by Crippen LogP contribution is -2.55. The highest BCUT2D eigenvalue weighted by Gasteiger charge is 2.30. The molecule has 1 saturated heterocycles. The number of rotatable bonds is 5. The van der Waals surface area contributed by atoms with Crippen molar-refractivity contribution in [2.75, 3.05) is 36.5 Å². The monoisotopic (exact) mass is 481 g/mol. The molecule has 2 atom stereocenters. The van der Waals surface area contributed by atoms with Crippen molar-refractivity contribution in [2.24, 2.45) is 0 Å². The normalized spacial score (nSPS) is 17.5. The summed E-state index contributed by atoms with van der Waals surface area (Å²) in [4.78, 5) is 24.4. The number of hydrogen-bond acceptors (Lipinski definition) is 7. The summed E-state index contributed by atoms with van der Waals surface area (Å²) in [6.07, 6.45) is 0.572. The first-order valence-corrected chi connectivity index (χ1v) is 11.1. The standard InChI is InChI=1S/C21H22F3N5O3S/c1-11-9-28(19-16(24)5-12(8-25-19)4-13(31)10-30)2-3-29(11)21(32)27-20-26-17-6-14(22)15(23)7-18(17)33-20/h5-8,11,13,30-31H,2-4,9-10H2,1H3,(H,26,27,32)/t11-,13-/m0/s1. The van der Waals surface area contributed by atoms with Crippen molar-refractivity contribution in [1.82, 2.24) is 14.9 Å². The molecule has 1 aromatic carbocycles. The summed E-state index contributed by atoms with van der Waals surface area (Å²) in [5.74, 6) is -2.38. The molecule has 8 nitrogen and oxygen atoms in total. The van der Waals surface area contributed by atoms with Gasteiger partial charge in [-0.2, -0.15) is 0 Å². The van der Waals surface area contributed by atoms with Crippen LogP contribution in [0.4, 0.5) is 28.9 Å². The molecule has 0 aliphatic carbocycles. The molecule has 0 radical (unpaired) electrons. The van der Waals surface area contributed by atoms with Gasteiger partial charge in [-0.05, 0) is 24.6 Å². The van der Waals surface area contributed by atoms with E-state index in [1.54, 1.807) is 9.80 Å². The van der Waals surface area contributed by atoms with Crippen LogP contribution in [-0.4, -0.2) is 69.5 Å². The second kappa shape index (κ2) is 9.49. The second-order valence-corrected chi connectivity index (χ2v) is 8.89. The van der Waals surface area contributed by atoms with Crippen LogP contribution in [0, 0.1) is 17.5 Å². The summed E-state index contributed by atoms with van der Waals surface area (Å²) in [6.45, 7) is 2.38. The largest absolute Gasteiger partial charge is 0.394 e. The van der Waals surface area contributed by atoms with E-state index >= 15 is 0 Å². The van der Waals surface area contributed by atoms with Gasteiger partial charge >= 0.3 is 6.03 Å². The minimum absolute atomic E-state index is 0.0934. The van der Waals surface area contributed by atoms with Gasteiger partial charge in [0.1, 0.15) is 0 Å². The zero-order valence-corrected chi connectivity index (χ0v) is 18.4. The van der Waals surface area contributed by atoms with Crippen molar-refractivity contribution in [3.05, 3.63) is 47.4 Å². The van der Waals surface area contributed by atoms with Crippen molar-refractivity contribution in [3.63, 3.8) is 0 Å². The lowest BCUT2D eigenvalue weighted by molar-refractivity contribution is 0.0954. The minimum atomic E-state index is -1.01. The Labute approximate surface area is 191 Å². The Balaban J connectivity index is 1.40. The number of aromatic nitrogens is 2. The molecule has 3 aromatic rings. The van der Waals surface area contributed by atoms with E-state index in [2.05, 4.69) is 15.3 Å². The number of aliphatic hydroxyl groups excluding tert-OH is 2. The number of aliphatic hydroxyl groups is 2. The zero-order chi connectivity index (χ0) is 23.7. The van der Waals surface area contributed by atoms with Crippen LogP contribution in [0.25, 0.3) is 10.2 Å². The number of nitrogens with one attached hydrogen (secondary N) is 1. The van der Waals surface area contributed by atoms with Crippen LogP contribution in [0.5, 0.6) is 0 Å². The SMILES string of the molecule is C[C@H]1CN(c2ncc(C[C@H](O)CO)cc2F)CCN1C(=O)Nc1nc2cc(F)c(F)cc2s1. The topological polar surface area (TPSA) is 102 Å². The second-order valence-electron chi connectivity index (χ2n) is 7.86. The number of anilines is 2. The molecule has 3 heterocycles. The molecule has 2 amide bonds. The van der Waals surface area contributed by atoms with Crippen molar-refractivity contribution < 1.29 is 28.2 Å². The van der Waals surface area contributed by atoms with Crippen LogP contribution < -0.4 is 10.2 Å². The number of carbonyl (C=O) groups is 1. The van der Waals surface area contributed by atoms with Gasteiger partial charge in [0.15, 0.2) is 28.4 Å². The summed E-state index contributed by atoms with van der Waals surface area (Å²) in [6, 6.07) is 2.61. The maximum Gasteiger partial charge on any atom is 0.324 e. The van der Waals surface area contributed by atoms with E-state index in [4.69, 9.17) is 5.11 Å². The van der Waals surface area contributed by atoms with Crippen LogP contribution in [0.1, 0.15) is 12.5 Å². The van der Waals surface area contributed by atoms with E-state index in [-0.39, 0.29) is 28.9 Å². The van der Waals surface area contributed by atoms with E-state index in [0.717, 1.165) is 23.5 Å². The van der Waals surface area contributed by atoms with Crippen LogP contribution in [0.2, 0.25) is 0 Å². The number of thiazole rings is 1. The Morgan fingerprint density at radius 3 is 2.70 bits per heavy atom. The lowest BCUT2D eigenvalue weighted by Gasteiger charge is -2.40. The van der Waals surface area contributed by atoms with Gasteiger partial charge < -0.3 is 20.0 Å². The maximum atomic E-state index is 14.6. The predicted molar refractivity (Wildman–Crippen MR) is 118 cm³/mol. The number of nitrogens with zero attached hydrogens (tertiary/aromatic N) is 4. The van der Waals surface area contributed by atoms with Gasteiger partial charge in [0, 0.05) is 44.4 Å². The number of carbonyl (C=O) groups excluding carboxylic acids is 1. The number of piperazine rings is 1. The first-order valence-electron chi connectivity index (χ1n) is 10.3. The minimum Gasteiger partial charge on any atom is -0.394 e. The highest BCUT2D eigenvalue weighted by Crippen LogP contribution is 2.28. The number of amides is 2. The molecule has 0 spiro atoms. The van der Waals surface area contributed by atoms with Gasteiger partial charge in [0.2, 0.25) is 0 Å². The summed E-state index contributed by atoms with van der Waals surface area (Å²) in [5.41, 5.74) is 0.725. The third kappa shape index (κ3) is 5.02. The fourth-order valence-electron chi connectivity index (χ4n) is 3.74. The molecule has 1 aliphatic rings. The molecule has 33 heavy (non-hydrogen) atoms. The van der Waals surface area contributed by atoms with Gasteiger partial charge in [0.25, 0.3) is 0 Å². The van der Waals surface area contributed by atoms with Crippen molar-refractivity contribution in [1.29, 1.82) is 0 Å². The van der Waals surface area contributed by atoms with E-state index in [9.17, 15) is 23.1 Å². The number of halogens is 3. The average Bonchev–Trinajstić information content (AvgIpc) is 3.14. The van der Waals surface area contributed by atoms with Gasteiger partial charge in [-0.25, -0.2) is 27.9 Å². The number of fused-ring (bicyclic) bond motifs is 1. The zero-order valence-electron chi connectivity index (χ0n) is 17.6. The lowest BCUT2D eigenvalue weighted by atomic mass is 10.1. The fourth-order valence-corrected chi connectivity index (χ4v) is 4.61. The smallest absolute Gasteiger partial charge is 0.324 e. The highest BCUT2D eigenvalue weighted by atomic mass is 32.1. The van der Waals surface area contributed by atoms with Gasteiger partial charge in [0.05, 0.1) is 22.9 Å². The summed E-state index contributed by atoms with van der Waals surface area (Å²) >= 11 is 1.04. The van der Waals surface area contributed by atoms with Gasteiger partial charge in [-0.15, -0.1) is 0 Å². The van der Waals surface area contributed by atoms with Crippen LogP contribution in [-0.2, 0) is 6.42 Å². The molecule has 1 fully saturated rings. The molecule has 12 heteroatoms. The summed E-state index contributed by atoms with van der Waals surface area (Å²) in [7, 11) is 0. The predicted octanol–water partition coefficient (Wildman–Crippen LogP) is 2.75. The highest BCUT2D eigenvalue weighted by molar-refractivity contribution is 7.22. The number of urea groups is 1. The third-order valence-electron chi connectivity index (χ3n) is 5.39. The van der Waals surface area contributed by atoms with Crippen molar-refractivity contribution in [2.45, 2.75) is 25.5 Å². The Hall–Kier alpha value is -2.96. The molecule has 176 valence electrons. The van der Waals surface area contributed by atoms with E-state index in [1.807, 2.05) is 6.92 Å². The molecule has 3 N–H and O–H groups in total. The molecule has 1 aliphatic heterocycles. The Morgan fingerprint density at radius 2 is 2.00 bits per heavy atom. The molecule has 2 aromatic heterocycles. The van der Waals surface area contributed by atoms with Crippen molar-refractivity contribution >= 4 is 38.5 Å². The number of benzene rings is 1. The number of hydrogen-bond donors (Lipinski definition) is 3. The van der Waals surface area contributed by atoms with Crippen LogP contribution >= 0.6 is 11.3 Å².